The van der Waals surface area contributed by atoms with Crippen molar-refractivity contribution in [1.82, 2.24) is 14.8 Å². The van der Waals surface area contributed by atoms with Crippen molar-refractivity contribution in [3.63, 3.8) is 0 Å². The van der Waals surface area contributed by atoms with Crippen molar-refractivity contribution in [3.8, 4) is 5.82 Å². The molecule has 0 amide bonds. The third-order valence-corrected chi connectivity index (χ3v) is 1.98. The standard InChI is InChI=1S/C9H6ClN3O2/c10-7-4-12-13(5-7)8-2-1-6(3-11-8)9(14)15/h1-5H,(H,14,15). The van der Waals surface area contributed by atoms with Gasteiger partial charge < -0.3 is 5.11 Å². The Morgan fingerprint density at radius 2 is 2.20 bits per heavy atom. The van der Waals surface area contributed by atoms with E-state index in [9.17, 15) is 4.79 Å². The summed E-state index contributed by atoms with van der Waals surface area (Å²) in [6.45, 7) is 0. The summed E-state index contributed by atoms with van der Waals surface area (Å²) in [5, 5.41) is 13.1. The lowest BCUT2D eigenvalue weighted by molar-refractivity contribution is 0.0696. The lowest BCUT2D eigenvalue weighted by Crippen LogP contribution is -2.01. The van der Waals surface area contributed by atoms with Gasteiger partial charge in [-0.2, -0.15) is 5.10 Å². The molecule has 0 unspecified atom stereocenters. The van der Waals surface area contributed by atoms with Crippen LogP contribution in [0.3, 0.4) is 0 Å². The zero-order chi connectivity index (χ0) is 10.8. The molecule has 0 aromatic carbocycles. The van der Waals surface area contributed by atoms with Crippen molar-refractivity contribution in [2.75, 3.05) is 0 Å². The van der Waals surface area contributed by atoms with Gasteiger partial charge in [0.1, 0.15) is 0 Å². The Balaban J connectivity index is 2.35. The minimum absolute atomic E-state index is 0.136. The van der Waals surface area contributed by atoms with E-state index in [-0.39, 0.29) is 5.56 Å². The predicted molar refractivity (Wildman–Crippen MR) is 53.3 cm³/mol. The molecule has 0 saturated carbocycles. The lowest BCUT2D eigenvalue weighted by atomic mass is 10.3. The highest BCUT2D eigenvalue weighted by Crippen LogP contribution is 2.10. The summed E-state index contributed by atoms with van der Waals surface area (Å²) in [5.74, 6) is -0.487. The van der Waals surface area contributed by atoms with Gasteiger partial charge in [0.05, 0.1) is 23.0 Å². The number of hydrogen-bond donors (Lipinski definition) is 1. The van der Waals surface area contributed by atoms with Gasteiger partial charge in [-0.1, -0.05) is 11.6 Å². The first kappa shape index (κ1) is 9.67. The highest BCUT2D eigenvalue weighted by atomic mass is 35.5. The number of pyridine rings is 1. The fraction of sp³-hybridized carbons (Fsp3) is 0. The fourth-order valence-corrected chi connectivity index (χ4v) is 1.21. The number of halogens is 1. The SMILES string of the molecule is O=C(O)c1ccc(-n2cc(Cl)cn2)nc1. The van der Waals surface area contributed by atoms with Gasteiger partial charge in [0.25, 0.3) is 0 Å². The molecule has 2 aromatic rings. The summed E-state index contributed by atoms with van der Waals surface area (Å²) < 4.78 is 1.47. The van der Waals surface area contributed by atoms with Crippen LogP contribution in [0, 0.1) is 0 Å². The van der Waals surface area contributed by atoms with Gasteiger partial charge in [-0.15, -0.1) is 0 Å². The van der Waals surface area contributed by atoms with Crippen molar-refractivity contribution in [3.05, 3.63) is 41.3 Å². The van der Waals surface area contributed by atoms with Gasteiger partial charge in [0.2, 0.25) is 0 Å². The van der Waals surface area contributed by atoms with Gasteiger partial charge >= 0.3 is 5.97 Å². The average Bonchev–Trinajstić information content (AvgIpc) is 2.65. The maximum absolute atomic E-state index is 10.6. The van der Waals surface area contributed by atoms with E-state index in [4.69, 9.17) is 16.7 Å². The quantitative estimate of drug-likeness (QED) is 0.840. The van der Waals surface area contributed by atoms with Crippen LogP contribution in [0.25, 0.3) is 5.82 Å². The van der Waals surface area contributed by atoms with Gasteiger partial charge in [-0.25, -0.2) is 14.5 Å². The minimum Gasteiger partial charge on any atom is -0.478 e. The summed E-state index contributed by atoms with van der Waals surface area (Å²) in [7, 11) is 0. The third-order valence-electron chi connectivity index (χ3n) is 1.78. The first-order valence-electron chi connectivity index (χ1n) is 4.07. The Morgan fingerprint density at radius 1 is 1.40 bits per heavy atom. The van der Waals surface area contributed by atoms with E-state index in [0.29, 0.717) is 10.8 Å². The zero-order valence-corrected chi connectivity index (χ0v) is 8.22. The first-order valence-corrected chi connectivity index (χ1v) is 4.44. The predicted octanol–water partition coefficient (Wildman–Crippen LogP) is 1.62. The summed E-state index contributed by atoms with van der Waals surface area (Å²) >= 11 is 5.69. The Morgan fingerprint density at radius 3 is 2.67 bits per heavy atom. The number of carboxylic acids is 1. The van der Waals surface area contributed by atoms with Crippen molar-refractivity contribution < 1.29 is 9.90 Å². The van der Waals surface area contributed by atoms with Gasteiger partial charge in [-0.3, -0.25) is 0 Å². The Labute approximate surface area is 89.9 Å². The van der Waals surface area contributed by atoms with Crippen LogP contribution in [0.4, 0.5) is 0 Å². The molecule has 1 N–H and O–H groups in total. The third kappa shape index (κ3) is 1.97. The molecule has 0 saturated heterocycles. The number of nitrogens with zero attached hydrogens (tertiary/aromatic N) is 3. The molecule has 0 radical (unpaired) electrons. The largest absolute Gasteiger partial charge is 0.478 e. The molecule has 15 heavy (non-hydrogen) atoms. The lowest BCUT2D eigenvalue weighted by Gasteiger charge is -1.99. The van der Waals surface area contributed by atoms with Crippen molar-refractivity contribution in [2.45, 2.75) is 0 Å². The number of aromatic carboxylic acids is 1. The monoisotopic (exact) mass is 223 g/mol. The molecule has 0 aliphatic heterocycles. The highest BCUT2D eigenvalue weighted by Gasteiger charge is 2.04. The molecule has 2 heterocycles. The number of carbonyl (C=O) groups is 1. The summed E-state index contributed by atoms with van der Waals surface area (Å²) in [6, 6.07) is 3.02. The Kier molecular flexibility index (Phi) is 2.39. The van der Waals surface area contributed by atoms with E-state index < -0.39 is 5.97 Å². The molecule has 0 atom stereocenters. The van der Waals surface area contributed by atoms with Crippen molar-refractivity contribution in [2.24, 2.45) is 0 Å². The Bertz CT molecular complexity index is 492. The summed E-state index contributed by atoms with van der Waals surface area (Å²) in [6.07, 6.45) is 4.34. The number of aromatic nitrogens is 3. The highest BCUT2D eigenvalue weighted by molar-refractivity contribution is 6.30. The second kappa shape index (κ2) is 3.70. The summed E-state index contributed by atoms with van der Waals surface area (Å²) in [5.41, 5.74) is 0.136. The second-order valence-corrected chi connectivity index (χ2v) is 3.25. The van der Waals surface area contributed by atoms with Crippen molar-refractivity contribution in [1.29, 1.82) is 0 Å². The van der Waals surface area contributed by atoms with E-state index in [2.05, 4.69) is 10.1 Å². The van der Waals surface area contributed by atoms with Gasteiger partial charge in [0.15, 0.2) is 5.82 Å². The number of hydrogen-bond acceptors (Lipinski definition) is 3. The minimum atomic E-state index is -1.01. The van der Waals surface area contributed by atoms with Crippen LogP contribution in [0.5, 0.6) is 0 Å². The molecule has 76 valence electrons. The molecule has 0 aliphatic rings. The second-order valence-electron chi connectivity index (χ2n) is 2.81. The molecular weight excluding hydrogens is 218 g/mol. The molecule has 0 bridgehead atoms. The smallest absolute Gasteiger partial charge is 0.337 e. The van der Waals surface area contributed by atoms with Crippen LogP contribution >= 0.6 is 11.6 Å². The molecule has 0 aliphatic carbocycles. The molecule has 2 rings (SSSR count). The van der Waals surface area contributed by atoms with Crippen LogP contribution in [-0.2, 0) is 0 Å². The van der Waals surface area contributed by atoms with Crippen LogP contribution < -0.4 is 0 Å². The van der Waals surface area contributed by atoms with E-state index in [1.165, 1.54) is 23.1 Å². The molecule has 0 spiro atoms. The first-order chi connectivity index (χ1) is 7.16. The average molecular weight is 224 g/mol. The van der Waals surface area contributed by atoms with Crippen LogP contribution in [-0.4, -0.2) is 25.8 Å². The summed E-state index contributed by atoms with van der Waals surface area (Å²) in [4.78, 5) is 14.5. The maximum Gasteiger partial charge on any atom is 0.337 e. The topological polar surface area (TPSA) is 68.0 Å². The molecule has 2 aromatic heterocycles. The fourth-order valence-electron chi connectivity index (χ4n) is 1.07. The molecular formula is C9H6ClN3O2. The van der Waals surface area contributed by atoms with E-state index >= 15 is 0 Å². The van der Waals surface area contributed by atoms with Crippen LogP contribution in [0.15, 0.2) is 30.7 Å². The maximum atomic E-state index is 10.6. The number of rotatable bonds is 2. The van der Waals surface area contributed by atoms with Gasteiger partial charge in [0, 0.05) is 6.20 Å². The number of carboxylic acid groups (broad SMARTS) is 1. The van der Waals surface area contributed by atoms with Crippen LogP contribution in [0.1, 0.15) is 10.4 Å². The normalized spacial score (nSPS) is 10.2. The molecule has 5 nitrogen and oxygen atoms in total. The van der Waals surface area contributed by atoms with Crippen LogP contribution in [0.2, 0.25) is 5.02 Å². The van der Waals surface area contributed by atoms with E-state index in [0.717, 1.165) is 0 Å². The molecule has 6 heteroatoms. The van der Waals surface area contributed by atoms with Crippen molar-refractivity contribution >= 4 is 17.6 Å². The Hall–Kier alpha value is -1.88. The molecule has 0 fully saturated rings. The zero-order valence-electron chi connectivity index (χ0n) is 7.46. The van der Waals surface area contributed by atoms with E-state index in [1.54, 1.807) is 12.3 Å². The van der Waals surface area contributed by atoms with Gasteiger partial charge in [-0.05, 0) is 12.1 Å². The van der Waals surface area contributed by atoms with E-state index in [1.807, 2.05) is 0 Å².